The van der Waals surface area contributed by atoms with Gasteiger partial charge in [0.25, 0.3) is 11.8 Å². The van der Waals surface area contributed by atoms with E-state index in [1.807, 2.05) is 0 Å². The number of Topliss-reactive ketones (excluding diaryl/α,β-unsaturated/α-hetero) is 1. The first kappa shape index (κ1) is 25.6. The number of nitrogens with one attached hydrogen (secondary N) is 2. The van der Waals surface area contributed by atoms with Gasteiger partial charge in [-0.3, -0.25) is 14.4 Å². The fourth-order valence-electron chi connectivity index (χ4n) is 4.41. The van der Waals surface area contributed by atoms with Crippen LogP contribution in [-0.4, -0.2) is 29.2 Å². The van der Waals surface area contributed by atoms with E-state index in [4.69, 9.17) is 11.6 Å². The number of anilines is 1. The Morgan fingerprint density at radius 3 is 2.44 bits per heavy atom. The standard InChI is InChI=1S/C27H26ClF2N3O3/c1-14(34)13-33-24(27(36)31-3)12-23(25(33)15(2)19-11-18(29)7-8-21(19)28)32-26(35)20-10-17(16-4-5-16)6-9-22(20)30/h6-12,15-16H,4-5,13H2,1-3H3,(H,31,36)(H,32,35)/t15-/m0/s1. The van der Waals surface area contributed by atoms with Crippen molar-refractivity contribution in [2.75, 3.05) is 12.4 Å². The van der Waals surface area contributed by atoms with Crippen molar-refractivity contribution in [3.05, 3.63) is 87.2 Å². The van der Waals surface area contributed by atoms with Gasteiger partial charge >= 0.3 is 0 Å². The van der Waals surface area contributed by atoms with E-state index in [1.54, 1.807) is 19.1 Å². The van der Waals surface area contributed by atoms with E-state index in [9.17, 15) is 23.2 Å². The van der Waals surface area contributed by atoms with Gasteiger partial charge in [0.05, 0.1) is 17.8 Å². The molecule has 0 aliphatic heterocycles. The average molecular weight is 514 g/mol. The molecule has 9 heteroatoms. The average Bonchev–Trinajstić information content (AvgIpc) is 3.63. The van der Waals surface area contributed by atoms with Crippen LogP contribution in [0.15, 0.2) is 42.5 Å². The Morgan fingerprint density at radius 2 is 1.81 bits per heavy atom. The van der Waals surface area contributed by atoms with Crippen LogP contribution < -0.4 is 10.6 Å². The third kappa shape index (κ3) is 5.18. The molecule has 1 heterocycles. The molecule has 0 saturated heterocycles. The summed E-state index contributed by atoms with van der Waals surface area (Å²) in [6.45, 7) is 2.93. The molecule has 1 aliphatic carbocycles. The molecule has 0 radical (unpaired) electrons. The van der Waals surface area contributed by atoms with Crippen LogP contribution in [-0.2, 0) is 11.3 Å². The van der Waals surface area contributed by atoms with Crippen molar-refractivity contribution in [2.45, 2.75) is 45.1 Å². The Bertz CT molecular complexity index is 1360. The second kappa shape index (κ2) is 10.2. The molecule has 1 atom stereocenters. The minimum atomic E-state index is -0.697. The molecule has 36 heavy (non-hydrogen) atoms. The number of rotatable bonds is 8. The van der Waals surface area contributed by atoms with Crippen molar-refractivity contribution in [3.8, 4) is 0 Å². The summed E-state index contributed by atoms with van der Waals surface area (Å²) in [6, 6.07) is 9.83. The number of carbonyl (C=O) groups excluding carboxylic acids is 3. The van der Waals surface area contributed by atoms with Gasteiger partial charge in [0, 0.05) is 23.7 Å². The number of nitrogens with zero attached hydrogens (tertiary/aromatic N) is 1. The predicted octanol–water partition coefficient (Wildman–Crippen LogP) is 5.65. The summed E-state index contributed by atoms with van der Waals surface area (Å²) < 4.78 is 30.2. The van der Waals surface area contributed by atoms with E-state index >= 15 is 0 Å². The lowest BCUT2D eigenvalue weighted by Gasteiger charge is -2.20. The van der Waals surface area contributed by atoms with Gasteiger partial charge in [0.2, 0.25) is 0 Å². The largest absolute Gasteiger partial charge is 0.354 e. The van der Waals surface area contributed by atoms with Crippen LogP contribution in [0.2, 0.25) is 5.02 Å². The van der Waals surface area contributed by atoms with Gasteiger partial charge in [0.1, 0.15) is 23.1 Å². The Kier molecular flexibility index (Phi) is 7.26. The van der Waals surface area contributed by atoms with Crippen LogP contribution in [0.3, 0.4) is 0 Å². The van der Waals surface area contributed by atoms with Gasteiger partial charge < -0.3 is 15.2 Å². The molecule has 1 saturated carbocycles. The van der Waals surface area contributed by atoms with Crippen LogP contribution in [0, 0.1) is 11.6 Å². The quantitative estimate of drug-likeness (QED) is 0.408. The van der Waals surface area contributed by atoms with Crippen molar-refractivity contribution in [2.24, 2.45) is 0 Å². The maximum atomic E-state index is 14.6. The lowest BCUT2D eigenvalue weighted by atomic mass is 9.96. The SMILES string of the molecule is CNC(=O)c1cc(NC(=O)c2cc(C3CC3)ccc2F)c([C@@H](C)c2cc(F)ccc2Cl)n1CC(C)=O. The molecule has 1 aromatic heterocycles. The molecule has 2 amide bonds. The summed E-state index contributed by atoms with van der Waals surface area (Å²) in [7, 11) is 1.44. The van der Waals surface area contributed by atoms with Crippen LogP contribution in [0.5, 0.6) is 0 Å². The molecular weight excluding hydrogens is 488 g/mol. The molecule has 6 nitrogen and oxygen atoms in total. The van der Waals surface area contributed by atoms with E-state index < -0.39 is 29.4 Å². The van der Waals surface area contributed by atoms with Crippen LogP contribution in [0.25, 0.3) is 0 Å². The summed E-state index contributed by atoms with van der Waals surface area (Å²) in [5.74, 6) is -2.93. The first-order valence-electron chi connectivity index (χ1n) is 11.6. The molecule has 0 unspecified atom stereocenters. The number of aromatic nitrogens is 1. The first-order valence-corrected chi connectivity index (χ1v) is 12.0. The zero-order chi connectivity index (χ0) is 26.1. The summed E-state index contributed by atoms with van der Waals surface area (Å²) in [4.78, 5) is 38.1. The minimum absolute atomic E-state index is 0.115. The van der Waals surface area contributed by atoms with Gasteiger partial charge in [-0.25, -0.2) is 8.78 Å². The van der Waals surface area contributed by atoms with E-state index in [-0.39, 0.29) is 34.3 Å². The van der Waals surface area contributed by atoms with Crippen molar-refractivity contribution in [1.82, 2.24) is 9.88 Å². The lowest BCUT2D eigenvalue weighted by Crippen LogP contribution is -2.24. The number of benzene rings is 2. The normalized spacial score (nSPS) is 13.8. The van der Waals surface area contributed by atoms with Gasteiger partial charge in [-0.15, -0.1) is 0 Å². The van der Waals surface area contributed by atoms with Crippen molar-refractivity contribution in [1.29, 1.82) is 0 Å². The number of halogens is 3. The van der Waals surface area contributed by atoms with E-state index in [0.29, 0.717) is 17.2 Å². The highest BCUT2D eigenvalue weighted by Gasteiger charge is 2.29. The van der Waals surface area contributed by atoms with Crippen molar-refractivity contribution < 1.29 is 23.2 Å². The third-order valence-corrected chi connectivity index (χ3v) is 6.69. The molecular formula is C27H26ClF2N3O3. The van der Waals surface area contributed by atoms with E-state index in [0.717, 1.165) is 18.4 Å². The maximum Gasteiger partial charge on any atom is 0.267 e. The number of hydrogen-bond acceptors (Lipinski definition) is 3. The van der Waals surface area contributed by atoms with E-state index in [2.05, 4.69) is 10.6 Å². The fourth-order valence-corrected chi connectivity index (χ4v) is 4.69. The van der Waals surface area contributed by atoms with Crippen LogP contribution in [0.1, 0.15) is 76.2 Å². The summed E-state index contributed by atoms with van der Waals surface area (Å²) in [6.07, 6.45) is 1.98. The zero-order valence-electron chi connectivity index (χ0n) is 20.1. The van der Waals surface area contributed by atoms with Crippen LogP contribution >= 0.6 is 11.6 Å². The van der Waals surface area contributed by atoms with Gasteiger partial charge in [-0.1, -0.05) is 24.6 Å². The fraction of sp³-hybridized carbons (Fsp3) is 0.296. The van der Waals surface area contributed by atoms with Crippen molar-refractivity contribution >= 4 is 34.9 Å². The molecule has 0 spiro atoms. The number of amides is 2. The molecule has 188 valence electrons. The molecule has 1 aliphatic rings. The molecule has 3 aromatic rings. The summed E-state index contributed by atoms with van der Waals surface area (Å²) in [5.41, 5.74) is 1.85. The van der Waals surface area contributed by atoms with E-state index in [1.165, 1.54) is 48.9 Å². The van der Waals surface area contributed by atoms with Crippen LogP contribution in [0.4, 0.5) is 14.5 Å². The molecule has 0 bridgehead atoms. The Labute approximate surface area is 212 Å². The third-order valence-electron chi connectivity index (χ3n) is 6.35. The van der Waals surface area contributed by atoms with Gasteiger partial charge in [-0.05, 0) is 73.2 Å². The Morgan fingerprint density at radius 1 is 1.08 bits per heavy atom. The predicted molar refractivity (Wildman–Crippen MR) is 134 cm³/mol. The molecule has 2 N–H and O–H groups in total. The second-order valence-electron chi connectivity index (χ2n) is 9.05. The maximum absolute atomic E-state index is 14.6. The minimum Gasteiger partial charge on any atom is -0.354 e. The Balaban J connectivity index is 1.84. The highest BCUT2D eigenvalue weighted by Crippen LogP contribution is 2.41. The van der Waals surface area contributed by atoms with Gasteiger partial charge in [0.15, 0.2) is 0 Å². The highest BCUT2D eigenvalue weighted by atomic mass is 35.5. The summed E-state index contributed by atoms with van der Waals surface area (Å²) in [5, 5.41) is 5.53. The molecule has 1 fully saturated rings. The smallest absolute Gasteiger partial charge is 0.267 e. The number of hydrogen-bond donors (Lipinski definition) is 2. The van der Waals surface area contributed by atoms with Gasteiger partial charge in [-0.2, -0.15) is 0 Å². The Hall–Kier alpha value is -3.52. The monoisotopic (exact) mass is 513 g/mol. The summed E-state index contributed by atoms with van der Waals surface area (Å²) >= 11 is 6.36. The zero-order valence-corrected chi connectivity index (χ0v) is 20.9. The number of carbonyl (C=O) groups is 3. The first-order chi connectivity index (χ1) is 17.1. The molecule has 4 rings (SSSR count). The lowest BCUT2D eigenvalue weighted by molar-refractivity contribution is -0.117. The second-order valence-corrected chi connectivity index (χ2v) is 9.46. The van der Waals surface area contributed by atoms with Crippen molar-refractivity contribution in [3.63, 3.8) is 0 Å². The highest BCUT2D eigenvalue weighted by molar-refractivity contribution is 6.31. The topological polar surface area (TPSA) is 80.2 Å². The number of ketones is 1. The molecule has 2 aromatic carbocycles.